The van der Waals surface area contributed by atoms with Gasteiger partial charge in [0.1, 0.15) is 0 Å². The first-order chi connectivity index (χ1) is 13.4. The molecule has 1 fully saturated rings. The van der Waals surface area contributed by atoms with Gasteiger partial charge in [-0.15, -0.1) is 0 Å². The van der Waals surface area contributed by atoms with E-state index in [-0.39, 0.29) is 27.8 Å². The molecule has 1 saturated heterocycles. The van der Waals surface area contributed by atoms with Gasteiger partial charge in [0.25, 0.3) is 5.91 Å². The van der Waals surface area contributed by atoms with E-state index < -0.39 is 27.3 Å². The van der Waals surface area contributed by atoms with Crippen molar-refractivity contribution in [3.05, 3.63) is 58.6 Å². The van der Waals surface area contributed by atoms with Gasteiger partial charge in [-0.1, -0.05) is 23.7 Å². The van der Waals surface area contributed by atoms with Crippen molar-refractivity contribution < 1.29 is 22.8 Å². The summed E-state index contributed by atoms with van der Waals surface area (Å²) >= 11 is 6.14. The number of carbonyl (C=O) groups is 3. The number of anilines is 2. The standard InChI is InChI=1S/C20H19ClN2O5S/c1-12(24)13-5-4-6-14(9-13)22-18(25)16-10-15(7-8-17(16)21)23-19(26)20(2,3)11-29(23,27)28/h4-10H,11H2,1-3H3,(H,22,25). The van der Waals surface area contributed by atoms with Crippen molar-refractivity contribution >= 4 is 50.6 Å². The minimum absolute atomic E-state index is 0.00472. The molecule has 2 aromatic carbocycles. The monoisotopic (exact) mass is 434 g/mol. The van der Waals surface area contributed by atoms with Crippen LogP contribution in [0.5, 0.6) is 0 Å². The molecule has 0 bridgehead atoms. The highest BCUT2D eigenvalue weighted by atomic mass is 35.5. The Kier molecular flexibility index (Phi) is 5.27. The summed E-state index contributed by atoms with van der Waals surface area (Å²) in [5.41, 5.74) is -0.194. The lowest BCUT2D eigenvalue weighted by Gasteiger charge is -2.18. The van der Waals surface area contributed by atoms with Crippen LogP contribution in [0.3, 0.4) is 0 Å². The van der Waals surface area contributed by atoms with Gasteiger partial charge < -0.3 is 5.32 Å². The van der Waals surface area contributed by atoms with Gasteiger partial charge >= 0.3 is 0 Å². The van der Waals surface area contributed by atoms with Crippen molar-refractivity contribution in [2.24, 2.45) is 5.41 Å². The van der Waals surface area contributed by atoms with Crippen LogP contribution in [0.1, 0.15) is 41.5 Å². The molecule has 9 heteroatoms. The molecule has 3 rings (SSSR count). The number of Topliss-reactive ketones (excluding diaryl/α,β-unsaturated/α-hetero) is 1. The highest BCUT2D eigenvalue weighted by molar-refractivity contribution is 7.94. The van der Waals surface area contributed by atoms with Crippen molar-refractivity contribution in [3.8, 4) is 0 Å². The fourth-order valence-electron chi connectivity index (χ4n) is 3.09. The number of hydrogen-bond acceptors (Lipinski definition) is 5. The molecule has 152 valence electrons. The smallest absolute Gasteiger partial charge is 0.257 e. The van der Waals surface area contributed by atoms with Gasteiger partial charge in [0.05, 0.1) is 27.4 Å². The lowest BCUT2D eigenvalue weighted by atomic mass is 9.95. The highest BCUT2D eigenvalue weighted by Crippen LogP contribution is 2.37. The maximum absolute atomic E-state index is 12.7. The lowest BCUT2D eigenvalue weighted by Crippen LogP contribution is -2.33. The Bertz CT molecular complexity index is 1140. The third kappa shape index (κ3) is 4.04. The predicted octanol–water partition coefficient (Wildman–Crippen LogP) is 3.50. The summed E-state index contributed by atoms with van der Waals surface area (Å²) in [5.74, 6) is -1.64. The summed E-state index contributed by atoms with van der Waals surface area (Å²) in [6.45, 7) is 4.52. The zero-order valence-corrected chi connectivity index (χ0v) is 17.6. The summed E-state index contributed by atoms with van der Waals surface area (Å²) in [6, 6.07) is 10.4. The number of halogens is 1. The van der Waals surface area contributed by atoms with Gasteiger partial charge in [-0.2, -0.15) is 0 Å². The van der Waals surface area contributed by atoms with Crippen molar-refractivity contribution in [2.45, 2.75) is 20.8 Å². The number of sulfonamides is 1. The molecule has 2 aromatic rings. The minimum Gasteiger partial charge on any atom is -0.322 e. The summed E-state index contributed by atoms with van der Waals surface area (Å²) in [6.07, 6.45) is 0. The molecule has 1 aliphatic rings. The Balaban J connectivity index is 1.96. The van der Waals surface area contributed by atoms with E-state index in [1.165, 1.54) is 31.2 Å². The Morgan fingerprint density at radius 3 is 2.41 bits per heavy atom. The molecule has 2 amide bonds. The van der Waals surface area contributed by atoms with Gasteiger partial charge in [0.15, 0.2) is 5.78 Å². The zero-order chi connectivity index (χ0) is 21.6. The third-order valence-electron chi connectivity index (χ3n) is 4.54. The molecule has 0 saturated carbocycles. The predicted molar refractivity (Wildman–Crippen MR) is 111 cm³/mol. The van der Waals surface area contributed by atoms with Gasteiger partial charge in [-0.25, -0.2) is 12.7 Å². The van der Waals surface area contributed by atoms with Crippen LogP contribution < -0.4 is 9.62 Å². The van der Waals surface area contributed by atoms with E-state index in [0.29, 0.717) is 11.3 Å². The summed E-state index contributed by atoms with van der Waals surface area (Å²) in [4.78, 5) is 36.8. The largest absolute Gasteiger partial charge is 0.322 e. The Labute approximate surface area is 173 Å². The van der Waals surface area contributed by atoms with Gasteiger partial charge in [0.2, 0.25) is 15.9 Å². The van der Waals surface area contributed by atoms with Crippen LogP contribution in [-0.4, -0.2) is 31.8 Å². The fourth-order valence-corrected chi connectivity index (χ4v) is 5.39. The number of amides is 2. The fraction of sp³-hybridized carbons (Fsp3) is 0.250. The molecule has 7 nitrogen and oxygen atoms in total. The van der Waals surface area contributed by atoms with E-state index in [1.807, 2.05) is 0 Å². The number of nitrogens with one attached hydrogen (secondary N) is 1. The summed E-state index contributed by atoms with van der Waals surface area (Å²) in [7, 11) is -3.85. The Morgan fingerprint density at radius 1 is 1.14 bits per heavy atom. The van der Waals surface area contributed by atoms with Crippen LogP contribution in [0.25, 0.3) is 0 Å². The quantitative estimate of drug-likeness (QED) is 0.742. The van der Waals surface area contributed by atoms with Gasteiger partial charge in [-0.05, 0) is 51.1 Å². The number of ketones is 1. The van der Waals surface area contributed by atoms with E-state index in [4.69, 9.17) is 11.6 Å². The molecule has 0 unspecified atom stereocenters. The first-order valence-corrected chi connectivity index (χ1v) is 10.7. The molecule has 0 atom stereocenters. The molecule has 1 N–H and O–H groups in total. The molecule has 0 aromatic heterocycles. The second kappa shape index (κ2) is 7.27. The molecule has 0 aliphatic carbocycles. The van der Waals surface area contributed by atoms with Crippen LogP contribution in [0.2, 0.25) is 5.02 Å². The Hall–Kier alpha value is -2.71. The normalized spacial score (nSPS) is 17.2. The highest BCUT2D eigenvalue weighted by Gasteiger charge is 2.50. The molecule has 29 heavy (non-hydrogen) atoms. The van der Waals surface area contributed by atoms with Crippen molar-refractivity contribution in [3.63, 3.8) is 0 Å². The van der Waals surface area contributed by atoms with Gasteiger partial charge in [0, 0.05) is 11.3 Å². The second-order valence-electron chi connectivity index (χ2n) is 7.46. The van der Waals surface area contributed by atoms with E-state index in [0.717, 1.165) is 4.31 Å². The maximum atomic E-state index is 12.7. The van der Waals surface area contributed by atoms with Crippen LogP contribution in [0, 0.1) is 5.41 Å². The topological polar surface area (TPSA) is 101 Å². The first-order valence-electron chi connectivity index (χ1n) is 8.72. The average molecular weight is 435 g/mol. The second-order valence-corrected chi connectivity index (χ2v) is 9.69. The van der Waals surface area contributed by atoms with Gasteiger partial charge in [-0.3, -0.25) is 14.4 Å². The average Bonchev–Trinajstić information content (AvgIpc) is 2.78. The molecular weight excluding hydrogens is 416 g/mol. The summed E-state index contributed by atoms with van der Waals surface area (Å²) < 4.78 is 25.7. The number of benzene rings is 2. The maximum Gasteiger partial charge on any atom is 0.257 e. The minimum atomic E-state index is -3.85. The van der Waals surface area contributed by atoms with E-state index in [2.05, 4.69) is 5.32 Å². The number of nitrogens with zero attached hydrogens (tertiary/aromatic N) is 1. The van der Waals surface area contributed by atoms with E-state index in [9.17, 15) is 22.8 Å². The van der Waals surface area contributed by atoms with E-state index in [1.54, 1.807) is 32.0 Å². The molecule has 0 radical (unpaired) electrons. The molecule has 0 spiro atoms. The molecular formula is C20H19ClN2O5S. The molecule has 1 aliphatic heterocycles. The first kappa shape index (κ1) is 21.0. The van der Waals surface area contributed by atoms with Crippen LogP contribution in [0.4, 0.5) is 11.4 Å². The van der Waals surface area contributed by atoms with Crippen LogP contribution in [0.15, 0.2) is 42.5 Å². The lowest BCUT2D eigenvalue weighted by molar-refractivity contribution is -0.123. The van der Waals surface area contributed by atoms with Crippen molar-refractivity contribution in [2.75, 3.05) is 15.4 Å². The SMILES string of the molecule is CC(=O)c1cccc(NC(=O)c2cc(N3C(=O)C(C)(C)CS3(=O)=O)ccc2Cl)c1. The number of carbonyl (C=O) groups excluding carboxylic acids is 3. The number of hydrogen-bond donors (Lipinski definition) is 1. The summed E-state index contributed by atoms with van der Waals surface area (Å²) in [5, 5.41) is 2.73. The van der Waals surface area contributed by atoms with E-state index >= 15 is 0 Å². The van der Waals surface area contributed by atoms with Crippen LogP contribution in [-0.2, 0) is 14.8 Å². The van der Waals surface area contributed by atoms with Crippen molar-refractivity contribution in [1.29, 1.82) is 0 Å². The zero-order valence-electron chi connectivity index (χ0n) is 16.0. The Morgan fingerprint density at radius 2 is 1.83 bits per heavy atom. The number of rotatable bonds is 4. The van der Waals surface area contributed by atoms with Crippen LogP contribution >= 0.6 is 11.6 Å². The molecule has 1 heterocycles. The third-order valence-corrected chi connectivity index (χ3v) is 6.89. The van der Waals surface area contributed by atoms with Crippen molar-refractivity contribution in [1.82, 2.24) is 0 Å².